The summed E-state index contributed by atoms with van der Waals surface area (Å²) in [6.07, 6.45) is 4.62. The van der Waals surface area contributed by atoms with Crippen molar-refractivity contribution in [1.29, 1.82) is 0 Å². The molecule has 13 heavy (non-hydrogen) atoms. The lowest BCUT2D eigenvalue weighted by Gasteiger charge is -2.07. The number of nitrogens with zero attached hydrogens (tertiary/aromatic N) is 2. The predicted molar refractivity (Wildman–Crippen MR) is 52.4 cm³/mol. The summed E-state index contributed by atoms with van der Waals surface area (Å²) in [5, 5.41) is 8.67. The SMILES string of the molecule is O=C(O)C1=N[C@@H]2N=CC(Br)=CC2=C1. The maximum Gasteiger partial charge on any atom is 0.354 e. The Bertz CT molecular complexity index is 393. The average molecular weight is 241 g/mol. The minimum absolute atomic E-state index is 0.0654. The van der Waals surface area contributed by atoms with Crippen molar-refractivity contribution in [2.45, 2.75) is 6.17 Å². The summed E-state index contributed by atoms with van der Waals surface area (Å²) in [4.78, 5) is 18.5. The molecule has 0 bridgehead atoms. The molecule has 1 atom stereocenters. The highest BCUT2D eigenvalue weighted by Crippen LogP contribution is 2.24. The summed E-state index contributed by atoms with van der Waals surface area (Å²) in [7, 11) is 0. The van der Waals surface area contributed by atoms with Crippen LogP contribution in [0.1, 0.15) is 0 Å². The van der Waals surface area contributed by atoms with Gasteiger partial charge in [0.2, 0.25) is 0 Å². The Morgan fingerprint density at radius 1 is 1.54 bits per heavy atom. The van der Waals surface area contributed by atoms with Crippen molar-refractivity contribution in [3.05, 3.63) is 22.2 Å². The zero-order valence-electron chi connectivity index (χ0n) is 6.44. The molecule has 5 heteroatoms. The minimum atomic E-state index is -1.01. The fourth-order valence-electron chi connectivity index (χ4n) is 1.17. The number of carboxylic acid groups (broad SMARTS) is 1. The van der Waals surface area contributed by atoms with E-state index in [1.807, 2.05) is 6.08 Å². The van der Waals surface area contributed by atoms with Crippen molar-refractivity contribution in [1.82, 2.24) is 0 Å². The van der Waals surface area contributed by atoms with Crippen LogP contribution < -0.4 is 0 Å². The fraction of sp³-hybridized carbons (Fsp3) is 0.125. The Kier molecular flexibility index (Phi) is 1.88. The number of aliphatic carboxylic acids is 1. The molecule has 4 nitrogen and oxygen atoms in total. The number of fused-ring (bicyclic) bond motifs is 1. The van der Waals surface area contributed by atoms with Crippen molar-refractivity contribution in [2.75, 3.05) is 0 Å². The number of dihydropyridines is 1. The van der Waals surface area contributed by atoms with Gasteiger partial charge in [0.15, 0.2) is 6.17 Å². The molecule has 0 aromatic heterocycles. The van der Waals surface area contributed by atoms with Gasteiger partial charge in [0, 0.05) is 16.3 Å². The van der Waals surface area contributed by atoms with Gasteiger partial charge >= 0.3 is 5.97 Å². The first-order chi connectivity index (χ1) is 6.16. The third kappa shape index (κ3) is 1.47. The van der Waals surface area contributed by atoms with E-state index in [9.17, 15) is 4.79 Å². The molecule has 0 fully saturated rings. The molecule has 2 heterocycles. The van der Waals surface area contributed by atoms with Crippen LogP contribution in [0.2, 0.25) is 0 Å². The normalized spacial score (nSPS) is 24.7. The Morgan fingerprint density at radius 3 is 3.00 bits per heavy atom. The molecule has 0 aliphatic carbocycles. The molecule has 0 saturated carbocycles. The summed E-state index contributed by atoms with van der Waals surface area (Å²) >= 11 is 3.25. The van der Waals surface area contributed by atoms with Crippen molar-refractivity contribution in [3.8, 4) is 0 Å². The smallest absolute Gasteiger partial charge is 0.354 e. The van der Waals surface area contributed by atoms with Crippen molar-refractivity contribution < 1.29 is 9.90 Å². The first-order valence-electron chi connectivity index (χ1n) is 3.60. The minimum Gasteiger partial charge on any atom is -0.477 e. The van der Waals surface area contributed by atoms with Crippen LogP contribution in [0.5, 0.6) is 0 Å². The number of carboxylic acids is 1. The van der Waals surface area contributed by atoms with Crippen LogP contribution in [0.4, 0.5) is 0 Å². The quantitative estimate of drug-likeness (QED) is 0.748. The van der Waals surface area contributed by atoms with Gasteiger partial charge in [0.25, 0.3) is 0 Å². The molecule has 0 aromatic rings. The molecule has 0 aromatic carbocycles. The molecule has 0 amide bonds. The first kappa shape index (κ1) is 8.37. The molecule has 2 aliphatic rings. The van der Waals surface area contributed by atoms with Crippen LogP contribution in [0.3, 0.4) is 0 Å². The highest BCUT2D eigenvalue weighted by molar-refractivity contribution is 9.12. The third-order valence-electron chi connectivity index (χ3n) is 1.73. The predicted octanol–water partition coefficient (Wildman–Crippen LogP) is 1.14. The maximum absolute atomic E-state index is 10.6. The van der Waals surface area contributed by atoms with E-state index >= 15 is 0 Å². The van der Waals surface area contributed by atoms with Gasteiger partial charge < -0.3 is 5.11 Å². The molecule has 0 spiro atoms. The standard InChI is InChI=1S/C8H5BrN2O2/c9-5-1-4-2-6(8(12)13)11-7(4)10-3-5/h1-3,7H,(H,12,13)/t7-/m0/s1. The molecule has 0 unspecified atom stereocenters. The van der Waals surface area contributed by atoms with E-state index in [-0.39, 0.29) is 11.9 Å². The van der Waals surface area contributed by atoms with Crippen molar-refractivity contribution in [2.24, 2.45) is 9.98 Å². The number of halogens is 1. The molecule has 2 aliphatic heterocycles. The van der Waals surface area contributed by atoms with Gasteiger partial charge in [-0.2, -0.15) is 0 Å². The first-order valence-corrected chi connectivity index (χ1v) is 4.39. The van der Waals surface area contributed by atoms with Gasteiger partial charge in [-0.1, -0.05) is 0 Å². The molecule has 0 radical (unpaired) electrons. The summed E-state index contributed by atoms with van der Waals surface area (Å²) in [6, 6.07) is 0. The number of rotatable bonds is 1. The van der Waals surface area contributed by atoms with E-state index in [1.165, 1.54) is 6.08 Å². The molecule has 66 valence electrons. The van der Waals surface area contributed by atoms with Crippen LogP contribution >= 0.6 is 15.9 Å². The summed E-state index contributed by atoms with van der Waals surface area (Å²) in [5.74, 6) is -1.01. The monoisotopic (exact) mass is 240 g/mol. The average Bonchev–Trinajstić information content (AvgIpc) is 2.46. The van der Waals surface area contributed by atoms with E-state index in [0.717, 1.165) is 10.1 Å². The van der Waals surface area contributed by atoms with Crippen LogP contribution in [-0.2, 0) is 4.79 Å². The molecule has 0 saturated heterocycles. The lowest BCUT2D eigenvalue weighted by atomic mass is 10.1. The molecular weight excluding hydrogens is 236 g/mol. The van der Waals surface area contributed by atoms with Gasteiger partial charge in [-0.15, -0.1) is 0 Å². The lowest BCUT2D eigenvalue weighted by molar-refractivity contribution is -0.129. The van der Waals surface area contributed by atoms with Crippen molar-refractivity contribution >= 4 is 33.8 Å². The second-order valence-electron chi connectivity index (χ2n) is 2.64. The summed E-state index contributed by atoms with van der Waals surface area (Å²) in [5.41, 5.74) is 0.877. The zero-order valence-corrected chi connectivity index (χ0v) is 8.02. The van der Waals surface area contributed by atoms with E-state index in [0.29, 0.717) is 0 Å². The largest absolute Gasteiger partial charge is 0.477 e. The second kappa shape index (κ2) is 2.92. The number of hydrogen-bond acceptors (Lipinski definition) is 3. The van der Waals surface area contributed by atoms with Gasteiger partial charge in [-0.3, -0.25) is 4.99 Å². The third-order valence-corrected chi connectivity index (χ3v) is 2.16. The highest BCUT2D eigenvalue weighted by atomic mass is 79.9. The Labute approximate surface area is 82.5 Å². The number of hydrogen-bond donors (Lipinski definition) is 1. The number of aliphatic imine (C=N–C) groups is 2. The molecule has 2 rings (SSSR count). The fourth-order valence-corrected chi connectivity index (χ4v) is 1.55. The van der Waals surface area contributed by atoms with Crippen LogP contribution in [-0.4, -0.2) is 29.2 Å². The Balaban J connectivity index is 2.36. The van der Waals surface area contributed by atoms with Gasteiger partial charge in [-0.05, 0) is 28.1 Å². The number of allylic oxidation sites excluding steroid dienone is 1. The van der Waals surface area contributed by atoms with Crippen LogP contribution in [0.25, 0.3) is 0 Å². The van der Waals surface area contributed by atoms with E-state index < -0.39 is 5.97 Å². The van der Waals surface area contributed by atoms with Gasteiger partial charge in [0.05, 0.1) is 0 Å². The zero-order chi connectivity index (χ0) is 9.42. The van der Waals surface area contributed by atoms with Gasteiger partial charge in [0.1, 0.15) is 5.71 Å². The maximum atomic E-state index is 10.6. The van der Waals surface area contributed by atoms with Crippen molar-refractivity contribution in [3.63, 3.8) is 0 Å². The van der Waals surface area contributed by atoms with Gasteiger partial charge in [-0.25, -0.2) is 9.79 Å². The number of carbonyl (C=O) groups is 1. The Morgan fingerprint density at radius 2 is 2.31 bits per heavy atom. The van der Waals surface area contributed by atoms with Crippen LogP contribution in [0, 0.1) is 0 Å². The van der Waals surface area contributed by atoms with E-state index in [4.69, 9.17) is 5.11 Å². The lowest BCUT2D eigenvalue weighted by Crippen LogP contribution is -2.08. The topological polar surface area (TPSA) is 62.0 Å². The summed E-state index contributed by atoms with van der Waals surface area (Å²) < 4.78 is 0.830. The highest BCUT2D eigenvalue weighted by Gasteiger charge is 2.23. The van der Waals surface area contributed by atoms with E-state index in [2.05, 4.69) is 25.9 Å². The molecule has 1 N–H and O–H groups in total. The molecular formula is C8H5BrN2O2. The van der Waals surface area contributed by atoms with E-state index in [1.54, 1.807) is 6.21 Å². The van der Waals surface area contributed by atoms with Crippen LogP contribution in [0.15, 0.2) is 32.2 Å². The second-order valence-corrected chi connectivity index (χ2v) is 3.56. The summed E-state index contributed by atoms with van der Waals surface area (Å²) in [6.45, 7) is 0. The Hall–Kier alpha value is -1.23.